The van der Waals surface area contributed by atoms with Gasteiger partial charge < -0.3 is 10.1 Å². The molecular weight excluding hydrogens is 214 g/mol. The summed E-state index contributed by atoms with van der Waals surface area (Å²) in [6.07, 6.45) is 5.05. The minimum atomic E-state index is -0.0210. The van der Waals surface area contributed by atoms with Gasteiger partial charge in [0.25, 0.3) is 0 Å². The summed E-state index contributed by atoms with van der Waals surface area (Å²) in [5, 5.41) is 3.47. The number of ether oxygens (including phenoxy) is 1. The second-order valence-electron chi connectivity index (χ2n) is 4.44. The smallest absolute Gasteiger partial charge is 0.308 e. The van der Waals surface area contributed by atoms with E-state index in [1.165, 1.54) is 0 Å². The molecule has 17 heavy (non-hydrogen) atoms. The van der Waals surface area contributed by atoms with Crippen molar-refractivity contribution in [3.8, 4) is 11.8 Å². The highest BCUT2D eigenvalue weighted by atomic mass is 16.5. The van der Waals surface area contributed by atoms with Gasteiger partial charge in [-0.15, -0.1) is 11.8 Å². The van der Waals surface area contributed by atoms with Gasteiger partial charge in [-0.1, -0.05) is 6.42 Å². The first kappa shape index (κ1) is 14.1. The van der Waals surface area contributed by atoms with Gasteiger partial charge in [0.1, 0.15) is 0 Å². The van der Waals surface area contributed by atoms with E-state index in [0.29, 0.717) is 12.6 Å². The first-order valence-corrected chi connectivity index (χ1v) is 6.57. The van der Waals surface area contributed by atoms with Crippen LogP contribution in [0.2, 0.25) is 0 Å². The molecule has 1 aliphatic carbocycles. The summed E-state index contributed by atoms with van der Waals surface area (Å²) < 4.78 is 5.08. The van der Waals surface area contributed by atoms with Crippen LogP contribution in [0.3, 0.4) is 0 Å². The predicted molar refractivity (Wildman–Crippen MR) is 68.4 cm³/mol. The van der Waals surface area contributed by atoms with Crippen molar-refractivity contribution >= 4 is 5.97 Å². The molecule has 0 aliphatic heterocycles. The molecule has 0 bridgehead atoms. The molecule has 0 aromatic rings. The monoisotopic (exact) mass is 237 g/mol. The van der Waals surface area contributed by atoms with Crippen molar-refractivity contribution in [2.24, 2.45) is 5.92 Å². The van der Waals surface area contributed by atoms with Crippen molar-refractivity contribution in [3.63, 3.8) is 0 Å². The summed E-state index contributed by atoms with van der Waals surface area (Å²) >= 11 is 0. The average Bonchev–Trinajstić information content (AvgIpc) is 2.35. The maximum Gasteiger partial charge on any atom is 0.308 e. The third-order valence-corrected chi connectivity index (χ3v) is 3.15. The van der Waals surface area contributed by atoms with Crippen molar-refractivity contribution in [2.75, 3.05) is 13.2 Å². The van der Waals surface area contributed by atoms with E-state index in [9.17, 15) is 4.79 Å². The first-order valence-electron chi connectivity index (χ1n) is 6.57. The van der Waals surface area contributed by atoms with Crippen LogP contribution in [0.5, 0.6) is 0 Å². The number of nitrogens with one attached hydrogen (secondary N) is 1. The minimum Gasteiger partial charge on any atom is -0.466 e. The zero-order valence-corrected chi connectivity index (χ0v) is 10.9. The standard InChI is InChI=1S/C14H23NO2/c1-3-5-6-10-15-13-9-7-8-12(11-13)14(16)17-4-2/h12-13,15H,4,6-11H2,1-2H3. The minimum absolute atomic E-state index is 0.0210. The lowest BCUT2D eigenvalue weighted by Crippen LogP contribution is -2.37. The zero-order chi connectivity index (χ0) is 12.5. The van der Waals surface area contributed by atoms with E-state index in [0.717, 1.165) is 38.6 Å². The van der Waals surface area contributed by atoms with Crippen molar-refractivity contribution < 1.29 is 9.53 Å². The van der Waals surface area contributed by atoms with Gasteiger partial charge in [-0.2, -0.15) is 0 Å². The fourth-order valence-corrected chi connectivity index (χ4v) is 2.31. The van der Waals surface area contributed by atoms with Gasteiger partial charge in [0, 0.05) is 19.0 Å². The predicted octanol–water partition coefficient (Wildman–Crippen LogP) is 2.11. The zero-order valence-electron chi connectivity index (χ0n) is 10.9. The molecule has 0 aromatic carbocycles. The van der Waals surface area contributed by atoms with E-state index in [2.05, 4.69) is 17.2 Å². The Morgan fingerprint density at radius 3 is 3.00 bits per heavy atom. The Hall–Kier alpha value is -1.01. The van der Waals surface area contributed by atoms with Crippen LogP contribution in [-0.4, -0.2) is 25.2 Å². The molecule has 1 aliphatic rings. The number of carbonyl (C=O) groups excluding carboxylic acids is 1. The van der Waals surface area contributed by atoms with Crippen LogP contribution in [0.4, 0.5) is 0 Å². The molecule has 2 atom stereocenters. The molecule has 3 nitrogen and oxygen atoms in total. The molecule has 1 rings (SSSR count). The molecule has 0 aromatic heterocycles. The Morgan fingerprint density at radius 1 is 1.47 bits per heavy atom. The van der Waals surface area contributed by atoms with Gasteiger partial charge >= 0.3 is 5.97 Å². The highest BCUT2D eigenvalue weighted by Gasteiger charge is 2.27. The highest BCUT2D eigenvalue weighted by molar-refractivity contribution is 5.72. The number of rotatable bonds is 5. The van der Waals surface area contributed by atoms with Crippen LogP contribution < -0.4 is 5.32 Å². The SMILES string of the molecule is CC#CCCNC1CCCC(C(=O)OCC)C1. The first-order chi connectivity index (χ1) is 8.27. The lowest BCUT2D eigenvalue weighted by atomic mass is 9.85. The Morgan fingerprint density at radius 2 is 2.29 bits per heavy atom. The van der Waals surface area contributed by atoms with Crippen molar-refractivity contribution in [1.82, 2.24) is 5.32 Å². The third-order valence-electron chi connectivity index (χ3n) is 3.15. The average molecular weight is 237 g/mol. The molecule has 96 valence electrons. The molecule has 0 spiro atoms. The summed E-state index contributed by atoms with van der Waals surface area (Å²) in [5.41, 5.74) is 0. The molecule has 0 radical (unpaired) electrons. The summed E-state index contributed by atoms with van der Waals surface area (Å²) in [6.45, 7) is 5.12. The van der Waals surface area contributed by atoms with Crippen molar-refractivity contribution in [3.05, 3.63) is 0 Å². The molecule has 1 fully saturated rings. The maximum atomic E-state index is 11.6. The Balaban J connectivity index is 2.27. The van der Waals surface area contributed by atoms with Crippen LogP contribution >= 0.6 is 0 Å². The van der Waals surface area contributed by atoms with E-state index in [1.807, 2.05) is 13.8 Å². The molecule has 1 N–H and O–H groups in total. The molecule has 0 amide bonds. The lowest BCUT2D eigenvalue weighted by molar-refractivity contribution is -0.149. The van der Waals surface area contributed by atoms with E-state index < -0.39 is 0 Å². The van der Waals surface area contributed by atoms with Crippen LogP contribution in [0, 0.1) is 17.8 Å². The Bertz CT molecular complexity index is 290. The van der Waals surface area contributed by atoms with Gasteiger partial charge in [-0.3, -0.25) is 4.79 Å². The van der Waals surface area contributed by atoms with E-state index in [4.69, 9.17) is 4.74 Å². The summed E-state index contributed by atoms with van der Waals surface area (Å²) in [7, 11) is 0. The number of hydrogen-bond donors (Lipinski definition) is 1. The second kappa shape index (κ2) is 8.14. The van der Waals surface area contributed by atoms with Gasteiger partial charge in [0.2, 0.25) is 0 Å². The van der Waals surface area contributed by atoms with Gasteiger partial charge in [0.05, 0.1) is 12.5 Å². The third kappa shape index (κ3) is 5.23. The van der Waals surface area contributed by atoms with E-state index in [-0.39, 0.29) is 11.9 Å². The second-order valence-corrected chi connectivity index (χ2v) is 4.44. The van der Waals surface area contributed by atoms with Crippen LogP contribution in [0.1, 0.15) is 46.0 Å². The fourth-order valence-electron chi connectivity index (χ4n) is 2.31. The topological polar surface area (TPSA) is 38.3 Å². The highest BCUT2D eigenvalue weighted by Crippen LogP contribution is 2.25. The molecule has 1 saturated carbocycles. The Labute approximate surface area is 104 Å². The van der Waals surface area contributed by atoms with Crippen LogP contribution in [-0.2, 0) is 9.53 Å². The normalized spacial score (nSPS) is 23.6. The summed E-state index contributed by atoms with van der Waals surface area (Å²) in [4.78, 5) is 11.6. The summed E-state index contributed by atoms with van der Waals surface area (Å²) in [5.74, 6) is 6.00. The van der Waals surface area contributed by atoms with Crippen LogP contribution in [0.25, 0.3) is 0 Å². The maximum absolute atomic E-state index is 11.6. The van der Waals surface area contributed by atoms with E-state index in [1.54, 1.807) is 0 Å². The van der Waals surface area contributed by atoms with Gasteiger partial charge in [-0.25, -0.2) is 0 Å². The molecule has 3 heteroatoms. The summed E-state index contributed by atoms with van der Waals surface area (Å²) in [6, 6.07) is 0.455. The fraction of sp³-hybridized carbons (Fsp3) is 0.786. The van der Waals surface area contributed by atoms with Crippen molar-refractivity contribution in [1.29, 1.82) is 0 Å². The quantitative estimate of drug-likeness (QED) is 0.452. The lowest BCUT2D eigenvalue weighted by Gasteiger charge is -2.28. The van der Waals surface area contributed by atoms with Gasteiger partial charge in [0.15, 0.2) is 0 Å². The number of carbonyl (C=O) groups is 1. The molecule has 0 saturated heterocycles. The Kier molecular flexibility index (Phi) is 6.73. The molecule has 2 unspecified atom stereocenters. The van der Waals surface area contributed by atoms with Gasteiger partial charge in [-0.05, 0) is 33.1 Å². The van der Waals surface area contributed by atoms with Crippen LogP contribution in [0.15, 0.2) is 0 Å². The number of hydrogen-bond acceptors (Lipinski definition) is 3. The largest absolute Gasteiger partial charge is 0.466 e. The molecular formula is C14H23NO2. The number of esters is 1. The molecule has 0 heterocycles. The van der Waals surface area contributed by atoms with Crippen molar-refractivity contribution in [2.45, 2.75) is 52.0 Å². The van der Waals surface area contributed by atoms with E-state index >= 15 is 0 Å².